The van der Waals surface area contributed by atoms with Crippen LogP contribution in [0.3, 0.4) is 0 Å². The first-order valence-electron chi connectivity index (χ1n) is 16.7. The normalized spacial score (nSPS) is 11.2. The van der Waals surface area contributed by atoms with Gasteiger partial charge in [0.1, 0.15) is 11.4 Å². The van der Waals surface area contributed by atoms with Gasteiger partial charge in [-0.3, -0.25) is 14.4 Å². The number of pyridine rings is 1. The highest BCUT2D eigenvalue weighted by Gasteiger charge is 2.21. The van der Waals surface area contributed by atoms with Gasteiger partial charge in [0, 0.05) is 34.9 Å². The highest BCUT2D eigenvalue weighted by Crippen LogP contribution is 2.30. The second kappa shape index (κ2) is 17.3. The highest BCUT2D eigenvalue weighted by molar-refractivity contribution is 6.13. The molecule has 244 valence electrons. The number of nitrogens with one attached hydrogen (secondary N) is 1. The summed E-state index contributed by atoms with van der Waals surface area (Å²) in [5.74, 6) is 0.286. The number of hydrogen-bond acceptors (Lipinski definition) is 5. The lowest BCUT2D eigenvalue weighted by Crippen LogP contribution is -2.28. The standard InChI is InChI=1S/C40H45N3O4/c1-3-5-23-42(24-6-4-2)25-13-27-46-36-20-18-33(19-21-36)39(44)38-37(32-16-11-8-12-17-32)29-35-28-34(22-26-43(35)38)40(45)41-47-30-31-14-9-7-10-15-31/h7-12,14-22,26,28-29H,3-6,13,23-25,27,30H2,1-2H3,(H,41,45). The van der Waals surface area contributed by atoms with Crippen LogP contribution < -0.4 is 10.2 Å². The molecule has 0 spiro atoms. The average Bonchev–Trinajstić information content (AvgIpc) is 3.50. The summed E-state index contributed by atoms with van der Waals surface area (Å²) in [6.07, 6.45) is 7.60. The number of hydrogen-bond donors (Lipinski definition) is 1. The molecule has 3 aromatic carbocycles. The van der Waals surface area contributed by atoms with E-state index in [0.29, 0.717) is 23.4 Å². The second-order valence-electron chi connectivity index (χ2n) is 11.8. The molecular weight excluding hydrogens is 586 g/mol. The summed E-state index contributed by atoms with van der Waals surface area (Å²) >= 11 is 0. The Kier molecular flexibility index (Phi) is 12.4. The van der Waals surface area contributed by atoms with Gasteiger partial charge < -0.3 is 14.0 Å². The molecule has 0 radical (unpaired) electrons. The van der Waals surface area contributed by atoms with Crippen molar-refractivity contribution in [1.29, 1.82) is 0 Å². The molecule has 2 aromatic heterocycles. The predicted octanol–water partition coefficient (Wildman–Crippen LogP) is 8.37. The van der Waals surface area contributed by atoms with Crippen LogP contribution in [0.25, 0.3) is 16.6 Å². The van der Waals surface area contributed by atoms with Crippen LogP contribution >= 0.6 is 0 Å². The number of ether oxygens (including phenoxy) is 1. The molecular formula is C40H45N3O4. The molecule has 7 heteroatoms. The summed E-state index contributed by atoms with van der Waals surface area (Å²) < 4.78 is 7.90. The van der Waals surface area contributed by atoms with Crippen molar-refractivity contribution in [2.45, 2.75) is 52.6 Å². The SMILES string of the molecule is CCCCN(CCCC)CCCOc1ccc(C(=O)c2c(-c3ccccc3)cc3cc(C(=O)NOCc4ccccc4)ccn23)cc1. The van der Waals surface area contributed by atoms with Crippen LogP contribution in [0.15, 0.2) is 109 Å². The first-order chi connectivity index (χ1) is 23.1. The number of hydroxylamine groups is 1. The van der Waals surface area contributed by atoms with E-state index < -0.39 is 0 Å². The summed E-state index contributed by atoms with van der Waals surface area (Å²) in [5, 5.41) is 0. The molecule has 5 rings (SSSR count). The molecule has 5 aromatic rings. The van der Waals surface area contributed by atoms with E-state index in [4.69, 9.17) is 9.57 Å². The molecule has 0 aliphatic carbocycles. The molecule has 0 saturated carbocycles. The predicted molar refractivity (Wildman–Crippen MR) is 188 cm³/mol. The van der Waals surface area contributed by atoms with Crippen molar-refractivity contribution < 1.29 is 19.2 Å². The quantitative estimate of drug-likeness (QED) is 0.0598. The number of carbonyl (C=O) groups is 2. The number of nitrogens with zero attached hydrogens (tertiary/aromatic N) is 2. The van der Waals surface area contributed by atoms with Crippen LogP contribution in [0.4, 0.5) is 0 Å². The van der Waals surface area contributed by atoms with E-state index in [1.54, 1.807) is 18.3 Å². The summed E-state index contributed by atoms with van der Waals surface area (Å²) in [4.78, 5) is 35.0. The van der Waals surface area contributed by atoms with Crippen molar-refractivity contribution in [2.24, 2.45) is 0 Å². The van der Waals surface area contributed by atoms with Gasteiger partial charge >= 0.3 is 0 Å². The smallest absolute Gasteiger partial charge is 0.274 e. The van der Waals surface area contributed by atoms with Crippen molar-refractivity contribution in [1.82, 2.24) is 14.8 Å². The van der Waals surface area contributed by atoms with Crippen LogP contribution in [-0.2, 0) is 11.4 Å². The van der Waals surface area contributed by atoms with Gasteiger partial charge in [0.2, 0.25) is 5.78 Å². The number of unbranched alkanes of at least 4 members (excludes halogenated alkanes) is 2. The minimum absolute atomic E-state index is 0.110. The molecule has 0 aliphatic heterocycles. The third-order valence-electron chi connectivity index (χ3n) is 8.24. The van der Waals surface area contributed by atoms with Gasteiger partial charge in [0.05, 0.1) is 13.2 Å². The fourth-order valence-corrected chi connectivity index (χ4v) is 5.62. The number of amides is 1. The van der Waals surface area contributed by atoms with Gasteiger partial charge in [-0.1, -0.05) is 87.4 Å². The van der Waals surface area contributed by atoms with E-state index in [9.17, 15) is 9.59 Å². The van der Waals surface area contributed by atoms with Gasteiger partial charge in [-0.15, -0.1) is 0 Å². The average molecular weight is 632 g/mol. The van der Waals surface area contributed by atoms with Crippen molar-refractivity contribution in [3.05, 3.63) is 132 Å². The van der Waals surface area contributed by atoms with Crippen molar-refractivity contribution in [3.63, 3.8) is 0 Å². The molecule has 0 aliphatic rings. The molecule has 2 heterocycles. The van der Waals surface area contributed by atoms with Gasteiger partial charge in [0.15, 0.2) is 0 Å². The number of benzene rings is 3. The Bertz CT molecular complexity index is 1710. The maximum atomic E-state index is 14.1. The first kappa shape index (κ1) is 33.6. The molecule has 1 amide bonds. The topological polar surface area (TPSA) is 72.3 Å². The van der Waals surface area contributed by atoms with E-state index >= 15 is 0 Å². The van der Waals surface area contributed by atoms with E-state index in [2.05, 4.69) is 24.2 Å². The van der Waals surface area contributed by atoms with E-state index in [1.807, 2.05) is 95.4 Å². The Morgan fingerprint density at radius 1 is 0.745 bits per heavy atom. The third-order valence-corrected chi connectivity index (χ3v) is 8.24. The maximum absolute atomic E-state index is 14.1. The summed E-state index contributed by atoms with van der Waals surface area (Å²) in [6.45, 7) is 8.68. The molecule has 0 bridgehead atoms. The fraction of sp³-hybridized carbons (Fsp3) is 0.300. The van der Waals surface area contributed by atoms with Crippen LogP contribution in [0.5, 0.6) is 5.75 Å². The van der Waals surface area contributed by atoms with Crippen molar-refractivity contribution in [2.75, 3.05) is 26.2 Å². The lowest BCUT2D eigenvalue weighted by atomic mass is 10.0. The summed E-state index contributed by atoms with van der Waals surface area (Å²) in [5.41, 5.74) is 7.46. The lowest BCUT2D eigenvalue weighted by Gasteiger charge is -2.21. The molecule has 7 nitrogen and oxygen atoms in total. The number of ketones is 1. The molecule has 0 fully saturated rings. The minimum Gasteiger partial charge on any atom is -0.494 e. The van der Waals surface area contributed by atoms with E-state index in [1.165, 1.54) is 25.7 Å². The zero-order valence-corrected chi connectivity index (χ0v) is 27.5. The van der Waals surface area contributed by atoms with Crippen LogP contribution in [0, 0.1) is 0 Å². The van der Waals surface area contributed by atoms with Gasteiger partial charge in [-0.05, 0) is 85.9 Å². The summed E-state index contributed by atoms with van der Waals surface area (Å²) in [7, 11) is 0. The maximum Gasteiger partial charge on any atom is 0.274 e. The van der Waals surface area contributed by atoms with Gasteiger partial charge in [0.25, 0.3) is 5.91 Å². The van der Waals surface area contributed by atoms with Gasteiger partial charge in [-0.25, -0.2) is 5.48 Å². The number of fused-ring (bicyclic) bond motifs is 1. The first-order valence-corrected chi connectivity index (χ1v) is 16.7. The minimum atomic E-state index is -0.357. The van der Waals surface area contributed by atoms with Crippen LogP contribution in [0.2, 0.25) is 0 Å². The molecule has 1 N–H and O–H groups in total. The number of carbonyl (C=O) groups excluding carboxylic acids is 2. The second-order valence-corrected chi connectivity index (χ2v) is 11.8. The molecule has 0 atom stereocenters. The molecule has 0 saturated heterocycles. The zero-order chi connectivity index (χ0) is 32.8. The van der Waals surface area contributed by atoms with Crippen LogP contribution in [0.1, 0.15) is 77.9 Å². The van der Waals surface area contributed by atoms with E-state index in [0.717, 1.165) is 54.0 Å². The Morgan fingerprint density at radius 3 is 2.09 bits per heavy atom. The molecule has 0 unspecified atom stereocenters. The highest BCUT2D eigenvalue weighted by atomic mass is 16.6. The van der Waals surface area contributed by atoms with E-state index in [-0.39, 0.29) is 18.3 Å². The van der Waals surface area contributed by atoms with Crippen molar-refractivity contribution in [3.8, 4) is 16.9 Å². The van der Waals surface area contributed by atoms with Crippen molar-refractivity contribution >= 4 is 17.2 Å². The Balaban J connectivity index is 1.28. The largest absolute Gasteiger partial charge is 0.494 e. The Labute approximate surface area is 278 Å². The molecule has 47 heavy (non-hydrogen) atoms. The Morgan fingerprint density at radius 2 is 1.40 bits per heavy atom. The lowest BCUT2D eigenvalue weighted by molar-refractivity contribution is 0.0233. The monoisotopic (exact) mass is 631 g/mol. The van der Waals surface area contributed by atoms with Gasteiger partial charge in [-0.2, -0.15) is 0 Å². The summed E-state index contributed by atoms with van der Waals surface area (Å²) in [6, 6.07) is 32.3. The number of aromatic nitrogens is 1. The Hall–Kier alpha value is -4.72. The zero-order valence-electron chi connectivity index (χ0n) is 27.5. The number of rotatable bonds is 18. The van der Waals surface area contributed by atoms with Crippen LogP contribution in [-0.4, -0.2) is 47.2 Å². The third kappa shape index (κ3) is 9.18. The fourth-order valence-electron chi connectivity index (χ4n) is 5.62.